The van der Waals surface area contributed by atoms with Crippen LogP contribution in [0.3, 0.4) is 0 Å². The first-order valence-corrected chi connectivity index (χ1v) is 5.03. The Balaban J connectivity index is 2.12. The van der Waals surface area contributed by atoms with Gasteiger partial charge in [0, 0.05) is 13.1 Å². The van der Waals surface area contributed by atoms with Gasteiger partial charge in [0.1, 0.15) is 0 Å². The third-order valence-corrected chi connectivity index (χ3v) is 2.26. The minimum atomic E-state index is -0.586. The summed E-state index contributed by atoms with van der Waals surface area (Å²) in [5.41, 5.74) is 5.27. The third-order valence-electron chi connectivity index (χ3n) is 2.26. The minimum Gasteiger partial charge on any atom is -0.378 e. The summed E-state index contributed by atoms with van der Waals surface area (Å²) in [6.07, 6.45) is 0. The number of aromatic nitrogens is 2. The lowest BCUT2D eigenvalue weighted by molar-refractivity contribution is 0.121. The number of morpholine rings is 1. The zero-order valence-electron chi connectivity index (χ0n) is 9.06. The molecule has 6 heteroatoms. The Morgan fingerprint density at radius 1 is 1.33 bits per heavy atom. The predicted octanol–water partition coefficient (Wildman–Crippen LogP) is 0.100. The highest BCUT2D eigenvalue weighted by atomic mass is 16.5. The molecule has 0 aliphatic carbocycles. The molecular formula is C9H16N4O2. The fourth-order valence-corrected chi connectivity index (χ4v) is 1.37. The molecule has 0 radical (unpaired) electrons. The van der Waals surface area contributed by atoms with Gasteiger partial charge in [0.25, 0.3) is 5.95 Å². The topological polar surface area (TPSA) is 77.4 Å². The van der Waals surface area contributed by atoms with Crippen molar-refractivity contribution < 1.29 is 9.26 Å². The summed E-state index contributed by atoms with van der Waals surface area (Å²) in [5.74, 6) is 1.07. The van der Waals surface area contributed by atoms with Crippen LogP contribution in [0.25, 0.3) is 0 Å². The van der Waals surface area contributed by atoms with Gasteiger partial charge in [-0.1, -0.05) is 0 Å². The standard InChI is InChI=1S/C9H16N4O2/c1-9(2,10)7-11-8(12-15-7)13-3-5-14-6-4-13/h3-6,10H2,1-2H3. The normalized spacial score (nSPS) is 18.2. The maximum atomic E-state index is 5.86. The van der Waals surface area contributed by atoms with Crippen LogP contribution in [0.5, 0.6) is 0 Å². The Kier molecular flexibility index (Phi) is 2.62. The van der Waals surface area contributed by atoms with Crippen LogP contribution >= 0.6 is 0 Å². The molecule has 0 saturated carbocycles. The first kappa shape index (κ1) is 10.4. The molecule has 2 rings (SSSR count). The van der Waals surface area contributed by atoms with Gasteiger partial charge in [0.05, 0.1) is 18.8 Å². The van der Waals surface area contributed by atoms with E-state index in [0.29, 0.717) is 25.1 Å². The van der Waals surface area contributed by atoms with E-state index in [-0.39, 0.29) is 0 Å². The van der Waals surface area contributed by atoms with Crippen molar-refractivity contribution in [2.75, 3.05) is 31.2 Å². The molecule has 1 aromatic rings. The Morgan fingerprint density at radius 2 is 2.00 bits per heavy atom. The van der Waals surface area contributed by atoms with E-state index in [9.17, 15) is 0 Å². The molecule has 1 fully saturated rings. The van der Waals surface area contributed by atoms with Crippen LogP contribution in [0.15, 0.2) is 4.52 Å². The molecule has 0 bridgehead atoms. The number of hydrogen-bond donors (Lipinski definition) is 1. The second kappa shape index (κ2) is 3.79. The largest absolute Gasteiger partial charge is 0.378 e. The highest BCUT2D eigenvalue weighted by Crippen LogP contribution is 2.18. The number of anilines is 1. The number of nitrogens with zero attached hydrogens (tertiary/aromatic N) is 3. The maximum Gasteiger partial charge on any atom is 0.266 e. The van der Waals surface area contributed by atoms with E-state index in [1.165, 1.54) is 0 Å². The highest BCUT2D eigenvalue weighted by molar-refractivity contribution is 5.28. The molecule has 0 unspecified atom stereocenters. The van der Waals surface area contributed by atoms with Gasteiger partial charge in [-0.3, -0.25) is 0 Å². The van der Waals surface area contributed by atoms with Crippen LogP contribution in [0, 0.1) is 0 Å². The summed E-state index contributed by atoms with van der Waals surface area (Å²) < 4.78 is 10.4. The second-order valence-electron chi connectivity index (χ2n) is 4.22. The molecule has 1 aliphatic heterocycles. The quantitative estimate of drug-likeness (QED) is 0.749. The molecular weight excluding hydrogens is 196 g/mol. The summed E-state index contributed by atoms with van der Waals surface area (Å²) >= 11 is 0. The van der Waals surface area contributed by atoms with Crippen LogP contribution in [0.2, 0.25) is 0 Å². The number of hydrogen-bond acceptors (Lipinski definition) is 6. The van der Waals surface area contributed by atoms with E-state index in [0.717, 1.165) is 13.1 Å². The predicted molar refractivity (Wildman–Crippen MR) is 54.5 cm³/mol. The summed E-state index contributed by atoms with van der Waals surface area (Å²) in [7, 11) is 0. The molecule has 15 heavy (non-hydrogen) atoms. The van der Waals surface area contributed by atoms with Crippen LogP contribution < -0.4 is 10.6 Å². The average Bonchev–Trinajstić information content (AvgIpc) is 2.67. The van der Waals surface area contributed by atoms with E-state index in [2.05, 4.69) is 10.1 Å². The van der Waals surface area contributed by atoms with Crippen molar-refractivity contribution in [1.29, 1.82) is 0 Å². The summed E-state index contributed by atoms with van der Waals surface area (Å²) in [6, 6.07) is 0. The number of ether oxygens (including phenoxy) is 1. The lowest BCUT2D eigenvalue weighted by atomic mass is 10.1. The van der Waals surface area contributed by atoms with Gasteiger partial charge in [0.15, 0.2) is 0 Å². The maximum absolute atomic E-state index is 5.86. The lowest BCUT2D eigenvalue weighted by Crippen LogP contribution is -2.37. The van der Waals surface area contributed by atoms with Crippen LogP contribution in [-0.2, 0) is 10.3 Å². The molecule has 0 aromatic carbocycles. The fraction of sp³-hybridized carbons (Fsp3) is 0.778. The van der Waals surface area contributed by atoms with E-state index in [4.69, 9.17) is 15.0 Å². The summed E-state index contributed by atoms with van der Waals surface area (Å²) in [5, 5.41) is 3.91. The minimum absolute atomic E-state index is 0.462. The van der Waals surface area contributed by atoms with E-state index in [1.54, 1.807) is 0 Å². The molecule has 1 aliphatic rings. The molecule has 2 N–H and O–H groups in total. The Hall–Kier alpha value is -1.14. The fourth-order valence-electron chi connectivity index (χ4n) is 1.37. The number of rotatable bonds is 2. The highest BCUT2D eigenvalue weighted by Gasteiger charge is 2.24. The van der Waals surface area contributed by atoms with Crippen LogP contribution in [0.1, 0.15) is 19.7 Å². The van der Waals surface area contributed by atoms with Crippen molar-refractivity contribution in [3.8, 4) is 0 Å². The monoisotopic (exact) mass is 212 g/mol. The SMILES string of the molecule is CC(C)(N)c1nc(N2CCOCC2)no1. The third kappa shape index (κ3) is 2.27. The van der Waals surface area contributed by atoms with Crippen LogP contribution in [0.4, 0.5) is 5.95 Å². The van der Waals surface area contributed by atoms with Gasteiger partial charge < -0.3 is 19.9 Å². The summed E-state index contributed by atoms with van der Waals surface area (Å²) in [6.45, 7) is 6.67. The van der Waals surface area contributed by atoms with Crippen molar-refractivity contribution in [3.05, 3.63) is 5.89 Å². The van der Waals surface area contributed by atoms with E-state index >= 15 is 0 Å². The van der Waals surface area contributed by atoms with Gasteiger partial charge in [0.2, 0.25) is 5.89 Å². The molecule has 0 spiro atoms. The summed E-state index contributed by atoms with van der Waals surface area (Å²) in [4.78, 5) is 6.30. The Labute approximate surface area is 88.4 Å². The molecule has 6 nitrogen and oxygen atoms in total. The van der Waals surface area contributed by atoms with Gasteiger partial charge >= 0.3 is 0 Å². The van der Waals surface area contributed by atoms with Gasteiger partial charge in [-0.25, -0.2) is 0 Å². The van der Waals surface area contributed by atoms with Crippen LogP contribution in [-0.4, -0.2) is 36.4 Å². The van der Waals surface area contributed by atoms with Gasteiger partial charge in [-0.15, -0.1) is 0 Å². The molecule has 2 heterocycles. The molecule has 1 saturated heterocycles. The average molecular weight is 212 g/mol. The number of nitrogens with two attached hydrogens (primary N) is 1. The van der Waals surface area contributed by atoms with Crippen molar-refractivity contribution in [2.24, 2.45) is 5.73 Å². The van der Waals surface area contributed by atoms with Crippen molar-refractivity contribution in [2.45, 2.75) is 19.4 Å². The van der Waals surface area contributed by atoms with Gasteiger partial charge in [-0.05, 0) is 19.0 Å². The van der Waals surface area contributed by atoms with Gasteiger partial charge in [-0.2, -0.15) is 4.98 Å². The Bertz CT molecular complexity index is 325. The zero-order chi connectivity index (χ0) is 10.9. The van der Waals surface area contributed by atoms with Crippen molar-refractivity contribution in [3.63, 3.8) is 0 Å². The van der Waals surface area contributed by atoms with E-state index < -0.39 is 5.54 Å². The molecule has 0 amide bonds. The molecule has 84 valence electrons. The smallest absolute Gasteiger partial charge is 0.266 e. The Morgan fingerprint density at radius 3 is 2.53 bits per heavy atom. The van der Waals surface area contributed by atoms with E-state index in [1.807, 2.05) is 18.7 Å². The molecule has 1 aromatic heterocycles. The zero-order valence-corrected chi connectivity index (χ0v) is 9.06. The second-order valence-corrected chi connectivity index (χ2v) is 4.22. The van der Waals surface area contributed by atoms with Crippen molar-refractivity contribution >= 4 is 5.95 Å². The van der Waals surface area contributed by atoms with Crippen molar-refractivity contribution in [1.82, 2.24) is 10.1 Å². The first-order valence-electron chi connectivity index (χ1n) is 5.03. The lowest BCUT2D eigenvalue weighted by Gasteiger charge is -2.24. The molecule has 0 atom stereocenters. The first-order chi connectivity index (χ1) is 7.07.